The van der Waals surface area contributed by atoms with Gasteiger partial charge in [-0.25, -0.2) is 0 Å². The Morgan fingerprint density at radius 3 is 2.37 bits per heavy atom. The Bertz CT molecular complexity index is 1000. The molecule has 30 heavy (non-hydrogen) atoms. The fraction of sp³-hybridized carbons (Fsp3) is 0.167. The Morgan fingerprint density at radius 1 is 0.867 bits per heavy atom. The highest BCUT2D eigenvalue weighted by atomic mass is 16.5. The van der Waals surface area contributed by atoms with Gasteiger partial charge in [-0.3, -0.25) is 20.4 Å². The summed E-state index contributed by atoms with van der Waals surface area (Å²) < 4.78 is 5.69. The number of hydrazine groups is 1. The molecular weight excluding hydrogens is 378 g/mol. The maximum Gasteiger partial charge on any atom is 0.276 e. The summed E-state index contributed by atoms with van der Waals surface area (Å²) in [5, 5.41) is 0. The number of ether oxygens (including phenoxy) is 1. The van der Waals surface area contributed by atoms with Crippen LogP contribution in [0.2, 0.25) is 0 Å². The van der Waals surface area contributed by atoms with Crippen LogP contribution in [0.5, 0.6) is 5.75 Å². The molecule has 0 saturated heterocycles. The third-order valence-electron chi connectivity index (χ3n) is 4.51. The molecule has 0 spiro atoms. The molecule has 3 aromatic carbocycles. The van der Waals surface area contributed by atoms with Crippen LogP contribution >= 0.6 is 0 Å². The van der Waals surface area contributed by atoms with Crippen LogP contribution in [-0.2, 0) is 11.2 Å². The van der Waals surface area contributed by atoms with Gasteiger partial charge in [0.1, 0.15) is 5.75 Å². The second kappa shape index (κ2) is 10.1. The van der Waals surface area contributed by atoms with E-state index in [9.17, 15) is 9.59 Å². The molecular formula is C24H25N3O3. The van der Waals surface area contributed by atoms with E-state index in [4.69, 9.17) is 4.74 Å². The first-order chi connectivity index (χ1) is 14.5. The van der Waals surface area contributed by atoms with E-state index in [2.05, 4.69) is 10.9 Å². The molecule has 0 fully saturated rings. The second-order valence-corrected chi connectivity index (χ2v) is 7.01. The number of benzene rings is 3. The molecule has 2 N–H and O–H groups in total. The molecule has 0 heterocycles. The molecule has 0 radical (unpaired) electrons. The molecule has 0 aliphatic rings. The van der Waals surface area contributed by atoms with Crippen molar-refractivity contribution < 1.29 is 14.3 Å². The van der Waals surface area contributed by atoms with Gasteiger partial charge < -0.3 is 9.64 Å². The number of hydrogen-bond donors (Lipinski definition) is 2. The maximum atomic E-state index is 12.3. The molecule has 0 aromatic heterocycles. The Hall–Kier alpha value is -3.80. The zero-order valence-electron chi connectivity index (χ0n) is 17.1. The smallest absolute Gasteiger partial charge is 0.276 e. The van der Waals surface area contributed by atoms with Gasteiger partial charge in [0, 0.05) is 31.8 Å². The number of anilines is 1. The minimum atomic E-state index is -0.443. The average Bonchev–Trinajstić information content (AvgIpc) is 2.77. The predicted molar refractivity (Wildman–Crippen MR) is 118 cm³/mol. The number of hydrogen-bond acceptors (Lipinski definition) is 4. The van der Waals surface area contributed by atoms with Crippen molar-refractivity contribution in [3.05, 3.63) is 95.6 Å². The highest BCUT2D eigenvalue weighted by Crippen LogP contribution is 2.21. The van der Waals surface area contributed by atoms with Crippen LogP contribution in [0.1, 0.15) is 21.5 Å². The molecule has 6 nitrogen and oxygen atoms in total. The summed E-state index contributed by atoms with van der Waals surface area (Å²) in [6.07, 6.45) is 0.706. The minimum absolute atomic E-state index is 0.205. The lowest BCUT2D eigenvalue weighted by Crippen LogP contribution is -2.43. The van der Waals surface area contributed by atoms with Crippen molar-refractivity contribution in [1.82, 2.24) is 10.9 Å². The summed E-state index contributed by atoms with van der Waals surface area (Å²) in [6.45, 7) is -0.205. The molecule has 0 aliphatic heterocycles. The van der Waals surface area contributed by atoms with E-state index >= 15 is 0 Å². The highest BCUT2D eigenvalue weighted by molar-refractivity contribution is 5.96. The van der Waals surface area contributed by atoms with Crippen molar-refractivity contribution in [3.63, 3.8) is 0 Å². The largest absolute Gasteiger partial charge is 0.483 e. The van der Waals surface area contributed by atoms with Crippen molar-refractivity contribution >= 4 is 17.5 Å². The minimum Gasteiger partial charge on any atom is -0.483 e. The molecule has 0 atom stereocenters. The van der Waals surface area contributed by atoms with Crippen molar-refractivity contribution in [2.24, 2.45) is 0 Å². The molecule has 0 bridgehead atoms. The molecule has 0 unspecified atom stereocenters. The lowest BCUT2D eigenvalue weighted by molar-refractivity contribution is -0.123. The molecule has 3 aromatic rings. The van der Waals surface area contributed by atoms with E-state index in [0.29, 0.717) is 17.7 Å². The number of nitrogens with one attached hydrogen (secondary N) is 2. The highest BCUT2D eigenvalue weighted by Gasteiger charge is 2.10. The van der Waals surface area contributed by atoms with Crippen LogP contribution < -0.4 is 20.5 Å². The lowest BCUT2D eigenvalue weighted by Gasteiger charge is -2.14. The standard InChI is InChI=1S/C24H25N3O3/c1-27(2)21-13-8-12-20(16-21)24(29)26-25-23(28)17-30-22-14-7-6-11-19(22)15-18-9-4-3-5-10-18/h3-14,16H,15,17H2,1-2H3,(H,25,28)(H,26,29). The van der Waals surface area contributed by atoms with Gasteiger partial charge in [0.15, 0.2) is 6.61 Å². The van der Waals surface area contributed by atoms with E-state index in [-0.39, 0.29) is 6.61 Å². The number of carbonyl (C=O) groups is 2. The van der Waals surface area contributed by atoms with E-state index in [1.807, 2.05) is 79.7 Å². The maximum absolute atomic E-state index is 12.3. The molecule has 2 amide bonds. The fourth-order valence-electron chi connectivity index (χ4n) is 2.91. The zero-order valence-corrected chi connectivity index (χ0v) is 17.1. The van der Waals surface area contributed by atoms with Crippen molar-refractivity contribution in [1.29, 1.82) is 0 Å². The summed E-state index contributed by atoms with van der Waals surface area (Å²) >= 11 is 0. The number of nitrogens with zero attached hydrogens (tertiary/aromatic N) is 1. The topological polar surface area (TPSA) is 70.7 Å². The van der Waals surface area contributed by atoms with Gasteiger partial charge in [-0.1, -0.05) is 54.6 Å². The van der Waals surface area contributed by atoms with Gasteiger partial charge >= 0.3 is 0 Å². The Labute approximate surface area is 176 Å². The third-order valence-corrected chi connectivity index (χ3v) is 4.51. The summed E-state index contributed by atoms with van der Waals surface area (Å²) in [7, 11) is 3.79. The molecule has 6 heteroatoms. The SMILES string of the molecule is CN(C)c1cccc(C(=O)NNC(=O)COc2ccccc2Cc2ccccc2)c1. The van der Waals surface area contributed by atoms with E-state index in [1.165, 1.54) is 0 Å². The van der Waals surface area contributed by atoms with Crippen LogP contribution in [0.25, 0.3) is 0 Å². The van der Waals surface area contributed by atoms with Crippen LogP contribution in [0.3, 0.4) is 0 Å². The average molecular weight is 403 g/mol. The Kier molecular flexibility index (Phi) is 7.05. The molecule has 0 aliphatic carbocycles. The van der Waals surface area contributed by atoms with Gasteiger partial charge in [0.05, 0.1) is 0 Å². The van der Waals surface area contributed by atoms with Crippen LogP contribution in [0.15, 0.2) is 78.9 Å². The number of carbonyl (C=O) groups excluding carboxylic acids is 2. The van der Waals surface area contributed by atoms with Crippen LogP contribution in [0, 0.1) is 0 Å². The summed E-state index contributed by atoms with van der Waals surface area (Å²) in [4.78, 5) is 26.3. The van der Waals surface area contributed by atoms with Gasteiger partial charge in [0.25, 0.3) is 11.8 Å². The summed E-state index contributed by atoms with van der Waals surface area (Å²) in [6, 6.07) is 24.8. The molecule has 154 valence electrons. The third kappa shape index (κ3) is 5.85. The Balaban J connectivity index is 1.53. The normalized spacial score (nSPS) is 10.2. The fourth-order valence-corrected chi connectivity index (χ4v) is 2.91. The van der Waals surface area contributed by atoms with Crippen molar-refractivity contribution in [2.75, 3.05) is 25.6 Å². The molecule has 3 rings (SSSR count). The van der Waals surface area contributed by atoms with Gasteiger partial charge in [-0.15, -0.1) is 0 Å². The second-order valence-electron chi connectivity index (χ2n) is 7.01. The van der Waals surface area contributed by atoms with Gasteiger partial charge in [-0.05, 0) is 35.4 Å². The lowest BCUT2D eigenvalue weighted by atomic mass is 10.0. The van der Waals surface area contributed by atoms with Crippen LogP contribution in [-0.4, -0.2) is 32.5 Å². The van der Waals surface area contributed by atoms with Gasteiger partial charge in [0.2, 0.25) is 0 Å². The summed E-state index contributed by atoms with van der Waals surface area (Å²) in [5.41, 5.74) is 8.31. The number of para-hydroxylation sites is 1. The molecule has 0 saturated carbocycles. The first-order valence-corrected chi connectivity index (χ1v) is 9.64. The van der Waals surface area contributed by atoms with E-state index < -0.39 is 11.8 Å². The number of rotatable bonds is 7. The van der Waals surface area contributed by atoms with Gasteiger partial charge in [-0.2, -0.15) is 0 Å². The monoisotopic (exact) mass is 403 g/mol. The van der Waals surface area contributed by atoms with E-state index in [1.54, 1.807) is 18.2 Å². The zero-order chi connectivity index (χ0) is 21.3. The van der Waals surface area contributed by atoms with Crippen LogP contribution in [0.4, 0.5) is 5.69 Å². The Morgan fingerprint density at radius 2 is 1.60 bits per heavy atom. The van der Waals surface area contributed by atoms with Crippen molar-refractivity contribution in [2.45, 2.75) is 6.42 Å². The summed E-state index contributed by atoms with van der Waals surface area (Å²) in [5.74, 6) is -0.195. The first kappa shape index (κ1) is 20.9. The van der Waals surface area contributed by atoms with Crippen molar-refractivity contribution in [3.8, 4) is 5.75 Å². The van der Waals surface area contributed by atoms with E-state index in [0.717, 1.165) is 16.8 Å². The quantitative estimate of drug-likeness (QED) is 0.595. The first-order valence-electron chi connectivity index (χ1n) is 9.64. The number of amides is 2. The predicted octanol–water partition coefficient (Wildman–Crippen LogP) is 3.18.